The number of rotatable bonds is 6. The van der Waals surface area contributed by atoms with E-state index in [9.17, 15) is 4.79 Å². The van der Waals surface area contributed by atoms with Gasteiger partial charge in [0.25, 0.3) is 0 Å². The highest BCUT2D eigenvalue weighted by molar-refractivity contribution is 5.96. The van der Waals surface area contributed by atoms with Gasteiger partial charge >= 0.3 is 6.09 Å². The Balaban J connectivity index is 0.00000289. The summed E-state index contributed by atoms with van der Waals surface area (Å²) in [7, 11) is 0. The molecular formula is C24H25N9O2. The van der Waals surface area contributed by atoms with Crippen molar-refractivity contribution >= 4 is 23.1 Å². The number of amides is 1. The molecule has 0 saturated carbocycles. The SMILES string of the molecule is C.CCOC(=O)Nc1nc2c(-c3ncccn3)cc(-c3cnc(Cn4ccnc4C)nc3)cc2[nH]1. The standard InChI is InChI=1S/C23H21N9O2.CH4/c1-3-34-23(33)31-22-29-18-10-15(9-17(20(18)30-22)21-25-5-4-6-26-21)16-11-27-19(28-12-16)13-32-8-7-24-14(32)2;/h4-12H,3,13H2,1-2H3,(H2,29,30,31,33);1H4. The first-order chi connectivity index (χ1) is 16.6. The average molecular weight is 472 g/mol. The van der Waals surface area contributed by atoms with E-state index in [1.54, 1.807) is 44.0 Å². The van der Waals surface area contributed by atoms with E-state index >= 15 is 0 Å². The lowest BCUT2D eigenvalue weighted by Gasteiger charge is -2.07. The summed E-state index contributed by atoms with van der Waals surface area (Å²) in [5, 5.41) is 2.60. The lowest BCUT2D eigenvalue weighted by molar-refractivity contribution is 0.167. The van der Waals surface area contributed by atoms with Gasteiger partial charge in [0.15, 0.2) is 5.82 Å². The number of carbonyl (C=O) groups is 1. The number of hydrogen-bond acceptors (Lipinski definition) is 8. The van der Waals surface area contributed by atoms with E-state index in [-0.39, 0.29) is 20.0 Å². The minimum Gasteiger partial charge on any atom is -0.450 e. The molecule has 4 aromatic heterocycles. The van der Waals surface area contributed by atoms with E-state index in [1.165, 1.54) is 0 Å². The molecule has 5 aromatic rings. The topological polar surface area (TPSA) is 136 Å². The van der Waals surface area contributed by atoms with Crippen LogP contribution in [-0.2, 0) is 11.3 Å². The predicted octanol–water partition coefficient (Wildman–Crippen LogP) is 4.23. The average Bonchev–Trinajstić information content (AvgIpc) is 3.44. The van der Waals surface area contributed by atoms with E-state index in [2.05, 4.69) is 40.2 Å². The van der Waals surface area contributed by atoms with Crippen LogP contribution in [0.1, 0.15) is 26.0 Å². The number of nitrogens with zero attached hydrogens (tertiary/aromatic N) is 7. The van der Waals surface area contributed by atoms with Crippen molar-refractivity contribution in [2.45, 2.75) is 27.8 Å². The van der Waals surface area contributed by atoms with Crippen LogP contribution in [0.3, 0.4) is 0 Å². The number of fused-ring (bicyclic) bond motifs is 1. The fraction of sp³-hybridized carbons (Fsp3) is 0.208. The summed E-state index contributed by atoms with van der Waals surface area (Å²) < 4.78 is 6.93. The van der Waals surface area contributed by atoms with Crippen LogP contribution in [0, 0.1) is 6.92 Å². The molecule has 0 aliphatic heterocycles. The second-order valence-electron chi connectivity index (χ2n) is 7.41. The number of anilines is 1. The first-order valence-corrected chi connectivity index (χ1v) is 10.6. The number of imidazole rings is 2. The highest BCUT2D eigenvalue weighted by Gasteiger charge is 2.16. The van der Waals surface area contributed by atoms with Crippen molar-refractivity contribution < 1.29 is 9.53 Å². The Morgan fingerprint density at radius 3 is 2.51 bits per heavy atom. The van der Waals surface area contributed by atoms with Crippen molar-refractivity contribution in [2.75, 3.05) is 11.9 Å². The van der Waals surface area contributed by atoms with Crippen LogP contribution in [0.15, 0.2) is 55.4 Å². The normalized spacial score (nSPS) is 10.7. The Morgan fingerprint density at radius 1 is 1.06 bits per heavy atom. The highest BCUT2D eigenvalue weighted by atomic mass is 16.5. The Kier molecular flexibility index (Phi) is 6.76. The number of aryl methyl sites for hydroxylation is 1. The molecule has 0 atom stereocenters. The molecule has 0 fully saturated rings. The largest absolute Gasteiger partial charge is 0.450 e. The number of aromatic amines is 1. The molecule has 4 heterocycles. The molecule has 2 N–H and O–H groups in total. The smallest absolute Gasteiger partial charge is 0.413 e. The molecule has 0 aliphatic rings. The van der Waals surface area contributed by atoms with Gasteiger partial charge in [0.05, 0.1) is 18.7 Å². The molecule has 0 radical (unpaired) electrons. The molecule has 0 bridgehead atoms. The van der Waals surface area contributed by atoms with E-state index in [0.717, 1.165) is 17.0 Å². The van der Waals surface area contributed by atoms with Crippen molar-refractivity contribution in [1.29, 1.82) is 0 Å². The number of benzene rings is 1. The minimum atomic E-state index is -0.587. The summed E-state index contributed by atoms with van der Waals surface area (Å²) in [5.74, 6) is 2.36. The molecule has 0 aliphatic carbocycles. The van der Waals surface area contributed by atoms with Crippen molar-refractivity contribution in [1.82, 2.24) is 39.5 Å². The summed E-state index contributed by atoms with van der Waals surface area (Å²) >= 11 is 0. The third-order valence-corrected chi connectivity index (χ3v) is 5.16. The van der Waals surface area contributed by atoms with Gasteiger partial charge in [-0.15, -0.1) is 0 Å². The maximum absolute atomic E-state index is 11.9. The van der Waals surface area contributed by atoms with Crippen LogP contribution in [0.25, 0.3) is 33.5 Å². The molecule has 178 valence electrons. The maximum atomic E-state index is 11.9. The molecule has 5 rings (SSSR count). The number of ether oxygens (including phenoxy) is 1. The highest BCUT2D eigenvalue weighted by Crippen LogP contribution is 2.32. The summed E-state index contributed by atoms with van der Waals surface area (Å²) in [4.78, 5) is 41.5. The summed E-state index contributed by atoms with van der Waals surface area (Å²) in [6, 6.07) is 5.60. The van der Waals surface area contributed by atoms with E-state index in [1.807, 2.05) is 29.8 Å². The number of H-pyrrole nitrogens is 1. The number of nitrogens with one attached hydrogen (secondary N) is 2. The number of hydrogen-bond donors (Lipinski definition) is 2. The van der Waals surface area contributed by atoms with Crippen molar-refractivity contribution in [3.05, 3.63) is 67.0 Å². The van der Waals surface area contributed by atoms with E-state index in [4.69, 9.17) is 4.74 Å². The van der Waals surface area contributed by atoms with Gasteiger partial charge in [-0.25, -0.2) is 34.7 Å². The van der Waals surface area contributed by atoms with Crippen LogP contribution in [0.5, 0.6) is 0 Å². The Morgan fingerprint density at radius 2 is 1.83 bits per heavy atom. The monoisotopic (exact) mass is 471 g/mol. The third-order valence-electron chi connectivity index (χ3n) is 5.16. The zero-order valence-electron chi connectivity index (χ0n) is 18.6. The van der Waals surface area contributed by atoms with Crippen LogP contribution in [-0.4, -0.2) is 52.2 Å². The summed E-state index contributed by atoms with van der Waals surface area (Å²) in [6.07, 6.45) is 9.95. The fourth-order valence-electron chi connectivity index (χ4n) is 3.52. The lowest BCUT2D eigenvalue weighted by atomic mass is 10.0. The second-order valence-corrected chi connectivity index (χ2v) is 7.41. The molecule has 0 spiro atoms. The van der Waals surface area contributed by atoms with Crippen molar-refractivity contribution in [2.24, 2.45) is 0 Å². The minimum absolute atomic E-state index is 0. The zero-order chi connectivity index (χ0) is 23.5. The van der Waals surface area contributed by atoms with Crippen LogP contribution < -0.4 is 5.32 Å². The van der Waals surface area contributed by atoms with Crippen LogP contribution in [0.4, 0.5) is 10.7 Å². The third kappa shape index (κ3) is 4.98. The molecular weight excluding hydrogens is 446 g/mol. The first-order valence-electron chi connectivity index (χ1n) is 10.6. The summed E-state index contributed by atoms with van der Waals surface area (Å²) in [6.45, 7) is 4.47. The van der Waals surface area contributed by atoms with Gasteiger partial charge in [-0.05, 0) is 37.6 Å². The molecule has 0 saturated heterocycles. The second kappa shape index (κ2) is 10.1. The predicted molar refractivity (Wildman–Crippen MR) is 132 cm³/mol. The van der Waals surface area contributed by atoms with Crippen LogP contribution in [0.2, 0.25) is 0 Å². The molecule has 1 aromatic carbocycles. The van der Waals surface area contributed by atoms with E-state index < -0.39 is 6.09 Å². The number of carbonyl (C=O) groups excluding carboxylic acids is 1. The molecule has 11 heteroatoms. The molecule has 35 heavy (non-hydrogen) atoms. The first kappa shape index (κ1) is 23.5. The van der Waals surface area contributed by atoms with Crippen molar-refractivity contribution in [3.8, 4) is 22.5 Å². The van der Waals surface area contributed by atoms with E-state index in [0.29, 0.717) is 34.8 Å². The zero-order valence-corrected chi connectivity index (χ0v) is 18.6. The number of aromatic nitrogens is 8. The van der Waals surface area contributed by atoms with Gasteiger partial charge in [0.2, 0.25) is 5.95 Å². The quantitative estimate of drug-likeness (QED) is 0.375. The maximum Gasteiger partial charge on any atom is 0.413 e. The van der Waals surface area contributed by atoms with Gasteiger partial charge in [-0.3, -0.25) is 5.32 Å². The van der Waals surface area contributed by atoms with Gasteiger partial charge in [-0.1, -0.05) is 7.43 Å². The van der Waals surface area contributed by atoms with Gasteiger partial charge in [0, 0.05) is 48.3 Å². The Bertz CT molecular complexity index is 1440. The fourth-order valence-corrected chi connectivity index (χ4v) is 3.52. The lowest BCUT2D eigenvalue weighted by Crippen LogP contribution is -2.14. The Hall–Kier alpha value is -4.67. The van der Waals surface area contributed by atoms with Gasteiger partial charge in [-0.2, -0.15) is 0 Å². The van der Waals surface area contributed by atoms with Crippen LogP contribution >= 0.6 is 0 Å². The van der Waals surface area contributed by atoms with Gasteiger partial charge in [0.1, 0.15) is 17.2 Å². The molecule has 1 amide bonds. The molecule has 0 unspecified atom stereocenters. The Labute approximate surface area is 201 Å². The van der Waals surface area contributed by atoms with Gasteiger partial charge < -0.3 is 14.3 Å². The van der Waals surface area contributed by atoms with Crippen molar-refractivity contribution in [3.63, 3.8) is 0 Å². The molecule has 11 nitrogen and oxygen atoms in total. The summed E-state index contributed by atoms with van der Waals surface area (Å²) in [5.41, 5.74) is 3.70.